The average Bonchev–Trinajstić information content (AvgIpc) is 2.39. The lowest BCUT2D eigenvalue weighted by atomic mass is 10.0. The number of thioether (sulfide) groups is 1. The molecule has 0 N–H and O–H groups in total. The van der Waals surface area contributed by atoms with E-state index in [9.17, 15) is 0 Å². The van der Waals surface area contributed by atoms with Crippen molar-refractivity contribution in [2.45, 2.75) is 10.3 Å². The molecule has 0 saturated carbocycles. The Labute approximate surface area is 106 Å². The van der Waals surface area contributed by atoms with Crippen molar-refractivity contribution in [1.82, 2.24) is 0 Å². The highest BCUT2D eigenvalue weighted by molar-refractivity contribution is 7.98. The minimum atomic E-state index is -0.0582. The molecule has 0 nitrogen and oxygen atoms in total. The van der Waals surface area contributed by atoms with Crippen LogP contribution >= 0.6 is 23.4 Å². The molecule has 1 atom stereocenters. The standard InChI is InChI=1S/C14H13ClS/c1-16-13-9-7-12(8-10-13)14(15)11-5-3-2-4-6-11/h2-10,14H,1H3. The predicted octanol–water partition coefficient (Wildman–Crippen LogP) is 4.74. The van der Waals surface area contributed by atoms with Gasteiger partial charge in [0.1, 0.15) is 0 Å². The summed E-state index contributed by atoms with van der Waals surface area (Å²) in [6.45, 7) is 0. The Balaban J connectivity index is 2.24. The van der Waals surface area contributed by atoms with Crippen molar-refractivity contribution < 1.29 is 0 Å². The maximum absolute atomic E-state index is 6.42. The molecule has 16 heavy (non-hydrogen) atoms. The molecule has 0 aromatic heterocycles. The third kappa shape index (κ3) is 2.60. The van der Waals surface area contributed by atoms with Crippen molar-refractivity contribution in [3.05, 3.63) is 65.7 Å². The molecule has 0 aliphatic rings. The maximum Gasteiger partial charge on any atom is 0.0835 e. The highest BCUT2D eigenvalue weighted by Crippen LogP contribution is 2.29. The van der Waals surface area contributed by atoms with E-state index in [1.165, 1.54) is 4.90 Å². The maximum atomic E-state index is 6.42. The van der Waals surface area contributed by atoms with E-state index in [2.05, 4.69) is 42.7 Å². The molecule has 0 spiro atoms. The molecule has 0 bridgehead atoms. The van der Waals surface area contributed by atoms with Gasteiger partial charge in [-0.15, -0.1) is 23.4 Å². The Morgan fingerprint density at radius 3 is 2.00 bits per heavy atom. The zero-order chi connectivity index (χ0) is 11.4. The van der Waals surface area contributed by atoms with Gasteiger partial charge in [-0.2, -0.15) is 0 Å². The van der Waals surface area contributed by atoms with E-state index >= 15 is 0 Å². The Morgan fingerprint density at radius 1 is 0.875 bits per heavy atom. The van der Waals surface area contributed by atoms with Crippen LogP contribution in [0.4, 0.5) is 0 Å². The highest BCUT2D eigenvalue weighted by atomic mass is 35.5. The van der Waals surface area contributed by atoms with Crippen molar-refractivity contribution in [2.24, 2.45) is 0 Å². The summed E-state index contributed by atoms with van der Waals surface area (Å²) in [6, 6.07) is 18.6. The van der Waals surface area contributed by atoms with Crippen LogP contribution in [0.3, 0.4) is 0 Å². The van der Waals surface area contributed by atoms with Gasteiger partial charge in [-0.25, -0.2) is 0 Å². The molecule has 0 fully saturated rings. The average molecular weight is 249 g/mol. The molecule has 2 rings (SSSR count). The van der Waals surface area contributed by atoms with Crippen molar-refractivity contribution in [1.29, 1.82) is 0 Å². The molecule has 0 amide bonds. The number of hydrogen-bond donors (Lipinski definition) is 0. The minimum Gasteiger partial charge on any atom is -0.130 e. The van der Waals surface area contributed by atoms with Crippen molar-refractivity contribution in [2.75, 3.05) is 6.26 Å². The molecule has 0 aliphatic carbocycles. The summed E-state index contributed by atoms with van der Waals surface area (Å²) in [5.41, 5.74) is 2.28. The summed E-state index contributed by atoms with van der Waals surface area (Å²) in [7, 11) is 0. The zero-order valence-electron chi connectivity index (χ0n) is 9.06. The second kappa shape index (κ2) is 5.42. The lowest BCUT2D eigenvalue weighted by molar-refractivity contribution is 1.13. The summed E-state index contributed by atoms with van der Waals surface area (Å²) >= 11 is 8.16. The molecule has 2 heteroatoms. The zero-order valence-corrected chi connectivity index (χ0v) is 10.6. The van der Waals surface area contributed by atoms with Crippen LogP contribution in [0.1, 0.15) is 16.5 Å². The topological polar surface area (TPSA) is 0 Å². The van der Waals surface area contributed by atoms with Gasteiger partial charge in [-0.1, -0.05) is 42.5 Å². The van der Waals surface area contributed by atoms with E-state index in [4.69, 9.17) is 11.6 Å². The first-order valence-electron chi connectivity index (χ1n) is 5.14. The first-order chi connectivity index (χ1) is 7.81. The van der Waals surface area contributed by atoms with E-state index in [0.717, 1.165) is 11.1 Å². The van der Waals surface area contributed by atoms with Crippen LogP contribution < -0.4 is 0 Å². The number of benzene rings is 2. The Bertz CT molecular complexity index is 436. The number of alkyl halides is 1. The quantitative estimate of drug-likeness (QED) is 0.559. The van der Waals surface area contributed by atoms with Crippen LogP contribution in [-0.2, 0) is 0 Å². The molecule has 0 saturated heterocycles. The second-order valence-corrected chi connectivity index (χ2v) is 4.86. The molecular formula is C14H13ClS. The number of hydrogen-bond acceptors (Lipinski definition) is 1. The number of rotatable bonds is 3. The lowest BCUT2D eigenvalue weighted by Crippen LogP contribution is -1.92. The summed E-state index contributed by atoms with van der Waals surface area (Å²) in [6.07, 6.45) is 2.07. The van der Waals surface area contributed by atoms with Crippen LogP contribution in [0.25, 0.3) is 0 Å². The predicted molar refractivity (Wildman–Crippen MR) is 72.4 cm³/mol. The summed E-state index contributed by atoms with van der Waals surface area (Å²) in [5, 5.41) is -0.0582. The molecule has 1 unspecified atom stereocenters. The summed E-state index contributed by atoms with van der Waals surface area (Å²) in [5.74, 6) is 0. The largest absolute Gasteiger partial charge is 0.130 e. The van der Waals surface area contributed by atoms with Gasteiger partial charge in [-0.3, -0.25) is 0 Å². The monoisotopic (exact) mass is 248 g/mol. The fourth-order valence-electron chi connectivity index (χ4n) is 1.59. The van der Waals surface area contributed by atoms with Crippen LogP contribution in [0.15, 0.2) is 59.5 Å². The van der Waals surface area contributed by atoms with E-state index in [-0.39, 0.29) is 5.38 Å². The van der Waals surface area contributed by atoms with Crippen molar-refractivity contribution in [3.63, 3.8) is 0 Å². The van der Waals surface area contributed by atoms with Gasteiger partial charge in [0.05, 0.1) is 5.38 Å². The molecule has 2 aromatic carbocycles. The molecule has 2 aromatic rings. The van der Waals surface area contributed by atoms with Gasteiger partial charge < -0.3 is 0 Å². The Hall–Kier alpha value is -0.920. The van der Waals surface area contributed by atoms with Gasteiger partial charge in [0.25, 0.3) is 0 Å². The summed E-state index contributed by atoms with van der Waals surface area (Å²) < 4.78 is 0. The van der Waals surface area contributed by atoms with Crippen LogP contribution in [-0.4, -0.2) is 6.26 Å². The lowest BCUT2D eigenvalue weighted by Gasteiger charge is -2.10. The van der Waals surface area contributed by atoms with E-state index < -0.39 is 0 Å². The highest BCUT2D eigenvalue weighted by Gasteiger charge is 2.09. The van der Waals surface area contributed by atoms with Crippen molar-refractivity contribution in [3.8, 4) is 0 Å². The van der Waals surface area contributed by atoms with Gasteiger partial charge in [-0.05, 0) is 29.5 Å². The normalized spacial score (nSPS) is 12.4. The molecule has 82 valence electrons. The Morgan fingerprint density at radius 2 is 1.44 bits per heavy atom. The van der Waals surface area contributed by atoms with Crippen LogP contribution in [0, 0.1) is 0 Å². The third-order valence-corrected chi connectivity index (χ3v) is 3.75. The minimum absolute atomic E-state index is 0.0582. The molecule has 0 aliphatic heterocycles. The van der Waals surface area contributed by atoms with Gasteiger partial charge in [0.15, 0.2) is 0 Å². The third-order valence-electron chi connectivity index (χ3n) is 2.50. The smallest absolute Gasteiger partial charge is 0.0835 e. The Kier molecular flexibility index (Phi) is 3.92. The molecule has 0 heterocycles. The second-order valence-electron chi connectivity index (χ2n) is 3.55. The van der Waals surface area contributed by atoms with E-state index in [1.807, 2.05) is 18.2 Å². The van der Waals surface area contributed by atoms with Gasteiger partial charge >= 0.3 is 0 Å². The van der Waals surface area contributed by atoms with Crippen molar-refractivity contribution >= 4 is 23.4 Å². The SMILES string of the molecule is CSc1ccc(C(Cl)c2ccccc2)cc1. The number of halogens is 1. The first kappa shape index (κ1) is 11.6. The van der Waals surface area contributed by atoms with Crippen LogP contribution in [0.2, 0.25) is 0 Å². The summed E-state index contributed by atoms with van der Waals surface area (Å²) in [4.78, 5) is 1.26. The van der Waals surface area contributed by atoms with Gasteiger partial charge in [0.2, 0.25) is 0 Å². The van der Waals surface area contributed by atoms with Gasteiger partial charge in [0, 0.05) is 4.90 Å². The van der Waals surface area contributed by atoms with E-state index in [0.29, 0.717) is 0 Å². The fourth-order valence-corrected chi connectivity index (χ4v) is 2.29. The van der Waals surface area contributed by atoms with Crippen LogP contribution in [0.5, 0.6) is 0 Å². The van der Waals surface area contributed by atoms with E-state index in [1.54, 1.807) is 11.8 Å². The molecule has 0 radical (unpaired) electrons. The molecular weight excluding hydrogens is 236 g/mol. The first-order valence-corrected chi connectivity index (χ1v) is 6.80. The fraction of sp³-hybridized carbons (Fsp3) is 0.143.